The fourth-order valence-electron chi connectivity index (χ4n) is 11.8. The summed E-state index contributed by atoms with van der Waals surface area (Å²) in [5.41, 5.74) is 21.2. The van der Waals surface area contributed by atoms with Crippen molar-refractivity contribution < 1.29 is 8.83 Å². The molecule has 12 rings (SSSR count). The van der Waals surface area contributed by atoms with Gasteiger partial charge in [0.1, 0.15) is 22.3 Å². The molecule has 3 aliphatic rings. The van der Waals surface area contributed by atoms with Gasteiger partial charge in [-0.3, -0.25) is 0 Å². The largest absolute Gasteiger partial charge is 0.456 e. The molecule has 5 heteroatoms. The molecule has 9 aromatic rings. The molecule has 2 aliphatic heterocycles. The van der Waals surface area contributed by atoms with Gasteiger partial charge in [-0.15, -0.1) is 0 Å². The van der Waals surface area contributed by atoms with Crippen LogP contribution in [0.4, 0.5) is 28.4 Å². The third-order valence-electron chi connectivity index (χ3n) is 16.0. The number of benzene rings is 7. The molecule has 0 bridgehead atoms. The van der Waals surface area contributed by atoms with Gasteiger partial charge in [0.15, 0.2) is 0 Å². The molecule has 0 N–H and O–H groups in total. The zero-order valence-corrected chi connectivity index (χ0v) is 41.7. The van der Waals surface area contributed by atoms with Gasteiger partial charge in [-0.1, -0.05) is 145 Å². The Morgan fingerprint density at radius 1 is 0.478 bits per heavy atom. The van der Waals surface area contributed by atoms with Crippen molar-refractivity contribution in [1.29, 1.82) is 0 Å². The molecule has 0 amide bonds. The van der Waals surface area contributed by atoms with Crippen molar-refractivity contribution in [3.63, 3.8) is 0 Å². The van der Waals surface area contributed by atoms with Crippen LogP contribution in [0.3, 0.4) is 0 Å². The minimum atomic E-state index is -0.186. The quantitative estimate of drug-likeness (QED) is 0.162. The Balaban J connectivity index is 1.24. The lowest BCUT2D eigenvalue weighted by molar-refractivity contribution is 0.332. The number of hydrogen-bond acceptors (Lipinski definition) is 4. The van der Waals surface area contributed by atoms with Crippen molar-refractivity contribution in [2.75, 3.05) is 9.71 Å². The Labute approximate surface area is 397 Å². The summed E-state index contributed by atoms with van der Waals surface area (Å²) in [4.78, 5) is 5.16. The fraction of sp³-hybridized carbons (Fsp3) is 0.323. The van der Waals surface area contributed by atoms with Crippen LogP contribution in [0.2, 0.25) is 0 Å². The second-order valence-corrected chi connectivity index (χ2v) is 24.5. The molecule has 4 nitrogen and oxygen atoms in total. The molecular weight excluding hydrogens is 816 g/mol. The lowest BCUT2D eigenvalue weighted by atomic mass is 9.43. The lowest BCUT2D eigenvalue weighted by Crippen LogP contribution is -2.61. The first-order valence-corrected chi connectivity index (χ1v) is 24.6. The SMILES string of the molecule is CC(C)(C)c1ccc(N2B3c4cc(C(C)(C)C)ccc4N(c4ccc(C(C)(C)C)cc4)c4cc5c(oc6ccccc65)c(c43)-c3cc4c(cc32)oc2cc3c(cc24)C(C)(C)CCC3(C)C)cc1. The monoisotopic (exact) mass is 878 g/mol. The van der Waals surface area contributed by atoms with Crippen molar-refractivity contribution in [3.05, 3.63) is 149 Å². The maximum atomic E-state index is 7.18. The molecule has 0 fully saturated rings. The highest BCUT2D eigenvalue weighted by Gasteiger charge is 2.47. The minimum absolute atomic E-state index is 0.00975. The van der Waals surface area contributed by atoms with E-state index in [2.05, 4.69) is 221 Å². The van der Waals surface area contributed by atoms with E-state index in [-0.39, 0.29) is 33.9 Å². The standard InChI is InChI=1S/C62H63BN2O2/c1-58(2,3)36-18-23-39(24-19-36)64-49-27-22-38(60(7,8)9)30-48(49)63-56-51(64)33-44-41-16-14-15-17-52(41)67-57(44)55(56)45-31-42-43-32-46-47(62(12,13)29-28-61(46,10)11)34-53(43)66-54(42)35-50(45)65(63)40-25-20-37(21-26-40)59(4,5)6/h14-27,30-35H,28-29H2,1-13H3. The molecule has 2 aromatic heterocycles. The van der Waals surface area contributed by atoms with Crippen LogP contribution < -0.4 is 20.6 Å². The molecule has 7 aromatic carbocycles. The fourth-order valence-corrected chi connectivity index (χ4v) is 11.8. The Morgan fingerprint density at radius 2 is 1.04 bits per heavy atom. The third-order valence-corrected chi connectivity index (χ3v) is 16.0. The van der Waals surface area contributed by atoms with Crippen molar-refractivity contribution >= 4 is 90.1 Å². The summed E-state index contributed by atoms with van der Waals surface area (Å²) >= 11 is 0. The highest BCUT2D eigenvalue weighted by atomic mass is 16.3. The van der Waals surface area contributed by atoms with E-state index in [1.165, 1.54) is 55.5 Å². The summed E-state index contributed by atoms with van der Waals surface area (Å²) in [6.07, 6.45) is 2.31. The molecule has 0 unspecified atom stereocenters. The number of anilines is 5. The molecule has 0 spiro atoms. The van der Waals surface area contributed by atoms with E-state index in [9.17, 15) is 0 Å². The summed E-state index contributed by atoms with van der Waals surface area (Å²) in [7, 11) is 0. The van der Waals surface area contributed by atoms with Crippen molar-refractivity contribution in [2.24, 2.45) is 0 Å². The Hall–Kier alpha value is -6.20. The molecule has 0 radical (unpaired) electrons. The molecule has 0 saturated carbocycles. The van der Waals surface area contributed by atoms with Gasteiger partial charge in [-0.25, -0.2) is 0 Å². The van der Waals surface area contributed by atoms with E-state index < -0.39 is 0 Å². The van der Waals surface area contributed by atoms with Gasteiger partial charge in [-0.05, 0) is 139 Å². The number of rotatable bonds is 2. The first-order chi connectivity index (χ1) is 31.6. The molecular formula is C62H63BN2O2. The number of para-hydroxylation sites is 1. The van der Waals surface area contributed by atoms with Gasteiger partial charge < -0.3 is 18.5 Å². The Kier molecular flexibility index (Phi) is 8.63. The topological polar surface area (TPSA) is 32.8 Å². The highest BCUT2D eigenvalue weighted by Crippen LogP contribution is 2.54. The van der Waals surface area contributed by atoms with Crippen molar-refractivity contribution in [1.82, 2.24) is 0 Å². The normalized spacial score (nSPS) is 16.5. The summed E-state index contributed by atoms with van der Waals surface area (Å²) in [6.45, 7) is 30.2. The van der Waals surface area contributed by atoms with Crippen LogP contribution in [0.1, 0.15) is 131 Å². The van der Waals surface area contributed by atoms with Crippen LogP contribution in [-0.2, 0) is 27.1 Å². The minimum Gasteiger partial charge on any atom is -0.456 e. The summed E-state index contributed by atoms with van der Waals surface area (Å²) in [6, 6.07) is 46.6. The molecule has 0 saturated heterocycles. The average molecular weight is 879 g/mol. The predicted molar refractivity (Wildman–Crippen MR) is 286 cm³/mol. The van der Waals surface area contributed by atoms with Crippen molar-refractivity contribution in [2.45, 2.75) is 130 Å². The predicted octanol–water partition coefficient (Wildman–Crippen LogP) is 16.4. The highest BCUT2D eigenvalue weighted by molar-refractivity contribution is 6.94. The second-order valence-electron chi connectivity index (χ2n) is 24.5. The zero-order valence-electron chi connectivity index (χ0n) is 41.7. The molecule has 4 heterocycles. The van der Waals surface area contributed by atoms with Gasteiger partial charge in [0.05, 0.1) is 0 Å². The molecule has 336 valence electrons. The van der Waals surface area contributed by atoms with E-state index in [1.54, 1.807) is 0 Å². The summed E-state index contributed by atoms with van der Waals surface area (Å²) in [5.74, 6) is 0. The Morgan fingerprint density at radius 3 is 1.69 bits per heavy atom. The second kappa shape index (κ2) is 13.7. The number of fused-ring (bicyclic) bond motifs is 12. The van der Waals surface area contributed by atoms with Gasteiger partial charge >= 0.3 is 6.85 Å². The van der Waals surface area contributed by atoms with Crippen LogP contribution in [0, 0.1) is 0 Å². The molecule has 67 heavy (non-hydrogen) atoms. The number of nitrogens with zero attached hydrogens (tertiary/aromatic N) is 2. The number of hydrogen-bond donors (Lipinski definition) is 0. The van der Waals surface area contributed by atoms with Gasteiger partial charge in [0, 0.05) is 67.2 Å². The summed E-state index contributed by atoms with van der Waals surface area (Å²) < 4.78 is 14.3. The smallest absolute Gasteiger partial charge is 0.333 e. The lowest BCUT2D eigenvalue weighted by Gasteiger charge is -2.46. The van der Waals surface area contributed by atoms with Gasteiger partial charge in [0.25, 0.3) is 0 Å². The van der Waals surface area contributed by atoms with Crippen LogP contribution >= 0.6 is 0 Å². The van der Waals surface area contributed by atoms with E-state index in [0.717, 1.165) is 79.5 Å². The van der Waals surface area contributed by atoms with Crippen molar-refractivity contribution in [3.8, 4) is 11.1 Å². The van der Waals surface area contributed by atoms with E-state index in [4.69, 9.17) is 8.83 Å². The van der Waals surface area contributed by atoms with Crippen LogP contribution in [0.25, 0.3) is 55.0 Å². The first kappa shape index (κ1) is 42.2. The Bertz CT molecular complexity index is 3530. The van der Waals surface area contributed by atoms with E-state index >= 15 is 0 Å². The van der Waals surface area contributed by atoms with E-state index in [1.807, 2.05) is 0 Å². The van der Waals surface area contributed by atoms with Gasteiger partial charge in [-0.2, -0.15) is 0 Å². The summed E-state index contributed by atoms with van der Waals surface area (Å²) in [5, 5.41) is 4.56. The van der Waals surface area contributed by atoms with Crippen LogP contribution in [0.5, 0.6) is 0 Å². The van der Waals surface area contributed by atoms with Crippen LogP contribution in [0.15, 0.2) is 130 Å². The zero-order chi connectivity index (χ0) is 46.9. The van der Waals surface area contributed by atoms with Crippen LogP contribution in [-0.4, -0.2) is 6.85 Å². The molecule has 1 aliphatic carbocycles. The molecule has 0 atom stereocenters. The van der Waals surface area contributed by atoms with E-state index in [0.29, 0.717) is 0 Å². The first-order valence-electron chi connectivity index (χ1n) is 24.6. The van der Waals surface area contributed by atoms with Gasteiger partial charge in [0.2, 0.25) is 0 Å². The average Bonchev–Trinajstić information content (AvgIpc) is 3.83. The maximum absolute atomic E-state index is 7.18. The number of furan rings is 2. The maximum Gasteiger partial charge on any atom is 0.333 e. The third kappa shape index (κ3) is 6.25.